The van der Waals surface area contributed by atoms with Crippen molar-refractivity contribution in [1.82, 2.24) is 4.72 Å². The highest BCUT2D eigenvalue weighted by Gasteiger charge is 2.27. The van der Waals surface area contributed by atoms with Gasteiger partial charge in [0, 0.05) is 17.3 Å². The van der Waals surface area contributed by atoms with Crippen molar-refractivity contribution in [2.45, 2.75) is 17.4 Å². The van der Waals surface area contributed by atoms with Gasteiger partial charge in [-0.1, -0.05) is 30.3 Å². The second kappa shape index (κ2) is 10.8. The summed E-state index contributed by atoms with van der Waals surface area (Å²) in [5.41, 5.74) is 6.68. The van der Waals surface area contributed by atoms with Crippen molar-refractivity contribution < 1.29 is 27.5 Å². The molecule has 1 atom stereocenters. The number of rotatable bonds is 10. The van der Waals surface area contributed by atoms with Gasteiger partial charge in [-0.25, -0.2) is 8.42 Å². The van der Waals surface area contributed by atoms with Crippen LogP contribution in [0.5, 0.6) is 11.5 Å². The molecule has 34 heavy (non-hydrogen) atoms. The molecule has 0 aromatic heterocycles. The molecule has 0 bridgehead atoms. The summed E-state index contributed by atoms with van der Waals surface area (Å²) in [5.74, 6) is -0.550. The number of methoxy groups -OCH3 is 2. The highest BCUT2D eigenvalue weighted by Crippen LogP contribution is 2.29. The summed E-state index contributed by atoms with van der Waals surface area (Å²) in [6.07, 6.45) is 0.110. The molecular weight excluding hydrogens is 458 g/mol. The van der Waals surface area contributed by atoms with Crippen molar-refractivity contribution >= 4 is 27.5 Å². The van der Waals surface area contributed by atoms with Crippen LogP contribution >= 0.6 is 0 Å². The number of anilines is 1. The molecule has 10 heteroatoms. The molecule has 4 N–H and O–H groups in total. The van der Waals surface area contributed by atoms with Crippen LogP contribution in [0.3, 0.4) is 0 Å². The SMILES string of the molecule is COc1ccc(S(=O)(=O)N[C@H](Cc2ccccc2)C(=O)Nc2ccc(C(N)=O)cc2)cc1OC. The summed E-state index contributed by atoms with van der Waals surface area (Å²) >= 11 is 0. The molecule has 0 aliphatic heterocycles. The minimum absolute atomic E-state index is 0.0816. The number of carbonyl (C=O) groups excluding carboxylic acids is 2. The van der Waals surface area contributed by atoms with Crippen LogP contribution in [-0.4, -0.2) is 40.5 Å². The van der Waals surface area contributed by atoms with Crippen LogP contribution in [-0.2, 0) is 21.2 Å². The van der Waals surface area contributed by atoms with Gasteiger partial charge in [0.2, 0.25) is 21.8 Å². The molecule has 0 radical (unpaired) electrons. The van der Waals surface area contributed by atoms with E-state index in [0.29, 0.717) is 11.4 Å². The van der Waals surface area contributed by atoms with Gasteiger partial charge in [0.25, 0.3) is 0 Å². The van der Waals surface area contributed by atoms with E-state index < -0.39 is 27.9 Å². The van der Waals surface area contributed by atoms with Gasteiger partial charge in [0.1, 0.15) is 6.04 Å². The molecule has 178 valence electrons. The Kier molecular flexibility index (Phi) is 7.87. The van der Waals surface area contributed by atoms with Crippen LogP contribution in [0.1, 0.15) is 15.9 Å². The van der Waals surface area contributed by atoms with Crippen LogP contribution in [0.25, 0.3) is 0 Å². The first-order chi connectivity index (χ1) is 16.2. The number of primary amides is 1. The van der Waals surface area contributed by atoms with E-state index in [1.165, 1.54) is 56.7 Å². The zero-order valence-electron chi connectivity index (χ0n) is 18.6. The fourth-order valence-corrected chi connectivity index (χ4v) is 4.43. The van der Waals surface area contributed by atoms with Crippen LogP contribution < -0.4 is 25.2 Å². The normalized spacial score (nSPS) is 11.9. The number of hydrogen-bond acceptors (Lipinski definition) is 6. The monoisotopic (exact) mass is 483 g/mol. The van der Waals surface area contributed by atoms with E-state index in [-0.39, 0.29) is 22.6 Å². The predicted molar refractivity (Wildman–Crippen MR) is 127 cm³/mol. The number of hydrogen-bond donors (Lipinski definition) is 3. The zero-order valence-corrected chi connectivity index (χ0v) is 19.5. The second-order valence-corrected chi connectivity index (χ2v) is 9.03. The van der Waals surface area contributed by atoms with Crippen LogP contribution in [0.4, 0.5) is 5.69 Å². The van der Waals surface area contributed by atoms with Crippen LogP contribution in [0.2, 0.25) is 0 Å². The van der Waals surface area contributed by atoms with Gasteiger partial charge in [-0.15, -0.1) is 0 Å². The van der Waals surface area contributed by atoms with Crippen molar-refractivity contribution in [3.63, 3.8) is 0 Å². The fraction of sp³-hybridized carbons (Fsp3) is 0.167. The summed E-state index contributed by atoms with van der Waals surface area (Å²) in [6, 6.07) is 18.0. The van der Waals surface area contributed by atoms with Crippen molar-refractivity contribution in [2.24, 2.45) is 5.73 Å². The maximum atomic E-state index is 13.1. The maximum Gasteiger partial charge on any atom is 0.248 e. The Morgan fingerprint density at radius 2 is 1.56 bits per heavy atom. The topological polar surface area (TPSA) is 137 Å². The van der Waals surface area contributed by atoms with E-state index >= 15 is 0 Å². The first-order valence-electron chi connectivity index (χ1n) is 10.2. The van der Waals surface area contributed by atoms with Gasteiger partial charge >= 0.3 is 0 Å². The van der Waals surface area contributed by atoms with E-state index in [1.54, 1.807) is 24.3 Å². The smallest absolute Gasteiger partial charge is 0.248 e. The molecule has 2 amide bonds. The number of amides is 2. The Morgan fingerprint density at radius 3 is 2.15 bits per heavy atom. The Hall–Kier alpha value is -3.89. The molecule has 0 saturated heterocycles. The molecule has 0 aliphatic rings. The summed E-state index contributed by atoms with van der Waals surface area (Å²) in [6.45, 7) is 0. The molecule has 0 aliphatic carbocycles. The number of sulfonamides is 1. The Morgan fingerprint density at radius 1 is 0.912 bits per heavy atom. The lowest BCUT2D eigenvalue weighted by molar-refractivity contribution is -0.117. The predicted octanol–water partition coefficient (Wildman–Crippen LogP) is 2.33. The van der Waals surface area contributed by atoms with Crippen molar-refractivity contribution in [1.29, 1.82) is 0 Å². The van der Waals surface area contributed by atoms with Gasteiger partial charge in [-0.05, 0) is 48.4 Å². The number of nitrogens with two attached hydrogens (primary N) is 1. The minimum Gasteiger partial charge on any atom is -0.493 e. The number of nitrogens with one attached hydrogen (secondary N) is 2. The minimum atomic E-state index is -4.10. The standard InChI is InChI=1S/C24H25N3O6S/c1-32-21-13-12-19(15-22(21)33-2)34(30,31)27-20(14-16-6-4-3-5-7-16)24(29)26-18-10-8-17(9-11-18)23(25)28/h3-13,15,20,27H,14H2,1-2H3,(H2,25,28)(H,26,29)/t20-/m1/s1. The molecule has 3 rings (SSSR count). The van der Waals surface area contributed by atoms with Crippen LogP contribution in [0, 0.1) is 0 Å². The molecule has 0 saturated carbocycles. The fourth-order valence-electron chi connectivity index (χ4n) is 3.22. The highest BCUT2D eigenvalue weighted by molar-refractivity contribution is 7.89. The van der Waals surface area contributed by atoms with Gasteiger partial charge < -0.3 is 20.5 Å². The van der Waals surface area contributed by atoms with Gasteiger partial charge in [0.05, 0.1) is 19.1 Å². The Bertz CT molecular complexity index is 1260. The molecule has 0 heterocycles. The lowest BCUT2D eigenvalue weighted by atomic mass is 10.1. The molecule has 3 aromatic carbocycles. The largest absolute Gasteiger partial charge is 0.493 e. The van der Waals surface area contributed by atoms with E-state index in [1.807, 2.05) is 6.07 Å². The lowest BCUT2D eigenvalue weighted by Gasteiger charge is -2.19. The van der Waals surface area contributed by atoms with E-state index in [9.17, 15) is 18.0 Å². The van der Waals surface area contributed by atoms with Crippen molar-refractivity contribution in [3.05, 3.63) is 83.9 Å². The summed E-state index contributed by atoms with van der Waals surface area (Å²) < 4.78 is 39.1. The van der Waals surface area contributed by atoms with E-state index in [0.717, 1.165) is 5.56 Å². The molecule has 3 aromatic rings. The van der Waals surface area contributed by atoms with E-state index in [2.05, 4.69) is 10.0 Å². The average molecular weight is 484 g/mol. The first kappa shape index (κ1) is 24.7. The van der Waals surface area contributed by atoms with E-state index in [4.69, 9.17) is 15.2 Å². The molecular formula is C24H25N3O6S. The number of carbonyl (C=O) groups is 2. The second-order valence-electron chi connectivity index (χ2n) is 7.31. The average Bonchev–Trinajstić information content (AvgIpc) is 2.84. The molecule has 0 fully saturated rings. The highest BCUT2D eigenvalue weighted by atomic mass is 32.2. The first-order valence-corrected chi connectivity index (χ1v) is 11.7. The third kappa shape index (κ3) is 6.12. The van der Waals surface area contributed by atoms with Gasteiger partial charge in [0.15, 0.2) is 11.5 Å². The van der Waals surface area contributed by atoms with Crippen molar-refractivity contribution in [2.75, 3.05) is 19.5 Å². The summed E-state index contributed by atoms with van der Waals surface area (Å²) in [4.78, 5) is 24.3. The molecule has 9 nitrogen and oxygen atoms in total. The molecule has 0 unspecified atom stereocenters. The third-order valence-electron chi connectivity index (χ3n) is 5.00. The summed E-state index contributed by atoms with van der Waals surface area (Å²) in [7, 11) is -1.26. The third-order valence-corrected chi connectivity index (χ3v) is 6.47. The lowest BCUT2D eigenvalue weighted by Crippen LogP contribution is -2.45. The zero-order chi connectivity index (χ0) is 24.7. The number of ether oxygens (including phenoxy) is 2. The van der Waals surface area contributed by atoms with Crippen LogP contribution in [0.15, 0.2) is 77.7 Å². The van der Waals surface area contributed by atoms with Crippen molar-refractivity contribution in [3.8, 4) is 11.5 Å². The number of benzene rings is 3. The molecule has 0 spiro atoms. The Labute approximate surface area is 197 Å². The maximum absolute atomic E-state index is 13.1. The van der Waals surface area contributed by atoms with Gasteiger partial charge in [-0.3, -0.25) is 9.59 Å². The van der Waals surface area contributed by atoms with Gasteiger partial charge in [-0.2, -0.15) is 4.72 Å². The Balaban J connectivity index is 1.87. The quantitative estimate of drug-likeness (QED) is 0.405. The summed E-state index contributed by atoms with van der Waals surface area (Å²) in [5, 5.41) is 2.68.